The highest BCUT2D eigenvalue weighted by Gasteiger charge is 2.45. The summed E-state index contributed by atoms with van der Waals surface area (Å²) in [4.78, 5) is 4.69. The Bertz CT molecular complexity index is 839. The minimum absolute atomic E-state index is 0.0167. The lowest BCUT2D eigenvalue weighted by Crippen LogP contribution is -2.34. The Hall–Kier alpha value is -2.25. The summed E-state index contributed by atoms with van der Waals surface area (Å²) in [6.07, 6.45) is -1.50. The molecule has 1 aromatic heterocycles. The van der Waals surface area contributed by atoms with Crippen molar-refractivity contribution < 1.29 is 19.7 Å². The third-order valence-electron chi connectivity index (χ3n) is 4.14. The van der Waals surface area contributed by atoms with Gasteiger partial charge in [-0.15, -0.1) is 0 Å². The minimum atomic E-state index is -1.50. The lowest BCUT2D eigenvalue weighted by Gasteiger charge is -2.28. The first-order chi connectivity index (χ1) is 11.7. The van der Waals surface area contributed by atoms with Crippen LogP contribution in [0.1, 0.15) is 11.4 Å². The summed E-state index contributed by atoms with van der Waals surface area (Å²) in [5.74, 6) is -0.629. The van der Waals surface area contributed by atoms with Crippen LogP contribution in [0.25, 0.3) is 11.0 Å². The summed E-state index contributed by atoms with van der Waals surface area (Å²) in [6.45, 7) is 0.872. The Labute approximate surface area is 138 Å². The number of aliphatic hydroxyl groups is 2. The average molecular weight is 326 g/mol. The molecule has 24 heavy (non-hydrogen) atoms. The molecule has 0 aliphatic carbocycles. The van der Waals surface area contributed by atoms with E-state index in [9.17, 15) is 10.2 Å². The zero-order chi connectivity index (χ0) is 16.6. The normalized spacial score (nSPS) is 17.0. The minimum Gasteiger partial charge on any atom is -0.367 e. The summed E-state index contributed by atoms with van der Waals surface area (Å²) in [5, 5.41) is 19.1. The number of hydrogen-bond donors (Lipinski definition) is 2. The largest absolute Gasteiger partial charge is 0.367 e. The van der Waals surface area contributed by atoms with Crippen LogP contribution < -0.4 is 0 Å². The molecule has 0 unspecified atom stereocenters. The monoisotopic (exact) mass is 326 g/mol. The van der Waals surface area contributed by atoms with Crippen LogP contribution in [-0.2, 0) is 21.8 Å². The van der Waals surface area contributed by atoms with Gasteiger partial charge in [0.15, 0.2) is 12.1 Å². The number of aliphatic hydroxyl groups excluding tert-OH is 1. The highest BCUT2D eigenvalue weighted by Crippen LogP contribution is 2.39. The molecule has 6 heteroatoms. The Kier molecular flexibility index (Phi) is 3.82. The van der Waals surface area contributed by atoms with E-state index in [1.165, 1.54) is 0 Å². The van der Waals surface area contributed by atoms with Gasteiger partial charge in [0.1, 0.15) is 0 Å². The third kappa shape index (κ3) is 2.40. The molecule has 2 heterocycles. The summed E-state index contributed by atoms with van der Waals surface area (Å²) in [6, 6.07) is 17.1. The SMILES string of the molecule is OC(O)Cn1c(C2(c3ccccc3)OCCO2)nc2ccccc21. The molecule has 1 saturated heterocycles. The van der Waals surface area contributed by atoms with Crippen molar-refractivity contribution in [3.05, 3.63) is 66.0 Å². The second-order valence-electron chi connectivity index (χ2n) is 5.69. The van der Waals surface area contributed by atoms with Crippen molar-refractivity contribution in [3.8, 4) is 0 Å². The van der Waals surface area contributed by atoms with Gasteiger partial charge in [0, 0.05) is 5.56 Å². The molecule has 0 spiro atoms. The molecule has 3 aromatic rings. The molecule has 6 nitrogen and oxygen atoms in total. The van der Waals surface area contributed by atoms with E-state index in [4.69, 9.17) is 9.47 Å². The Morgan fingerprint density at radius 3 is 2.38 bits per heavy atom. The number of hydrogen-bond acceptors (Lipinski definition) is 5. The maximum atomic E-state index is 9.53. The highest BCUT2D eigenvalue weighted by molar-refractivity contribution is 5.76. The van der Waals surface area contributed by atoms with Gasteiger partial charge in [-0.25, -0.2) is 4.98 Å². The van der Waals surface area contributed by atoms with Crippen molar-refractivity contribution in [2.75, 3.05) is 13.2 Å². The molecule has 1 aliphatic rings. The van der Waals surface area contributed by atoms with Crippen LogP contribution in [0.5, 0.6) is 0 Å². The number of rotatable bonds is 4. The summed E-state index contributed by atoms with van der Waals surface area (Å²) < 4.78 is 13.7. The van der Waals surface area contributed by atoms with Crippen LogP contribution in [0.4, 0.5) is 0 Å². The molecule has 4 rings (SSSR count). The van der Waals surface area contributed by atoms with E-state index in [1.807, 2.05) is 54.6 Å². The van der Waals surface area contributed by atoms with Crippen molar-refractivity contribution in [2.24, 2.45) is 0 Å². The van der Waals surface area contributed by atoms with Gasteiger partial charge < -0.3 is 24.3 Å². The number of nitrogens with zero attached hydrogens (tertiary/aromatic N) is 2. The zero-order valence-electron chi connectivity index (χ0n) is 13.0. The topological polar surface area (TPSA) is 76.7 Å². The van der Waals surface area contributed by atoms with Gasteiger partial charge in [-0.2, -0.15) is 0 Å². The Balaban J connectivity index is 1.96. The van der Waals surface area contributed by atoms with E-state index in [2.05, 4.69) is 4.98 Å². The first-order valence-corrected chi connectivity index (χ1v) is 7.86. The van der Waals surface area contributed by atoms with Crippen LogP contribution >= 0.6 is 0 Å². The lowest BCUT2D eigenvalue weighted by atomic mass is 10.0. The predicted octanol–water partition coefficient (Wildman–Crippen LogP) is 1.59. The number of aromatic nitrogens is 2. The quantitative estimate of drug-likeness (QED) is 0.712. The maximum absolute atomic E-state index is 9.53. The van der Waals surface area contributed by atoms with E-state index < -0.39 is 12.1 Å². The molecular formula is C18H18N2O4. The Morgan fingerprint density at radius 1 is 1.00 bits per heavy atom. The van der Waals surface area contributed by atoms with Gasteiger partial charge in [-0.3, -0.25) is 0 Å². The second kappa shape index (κ2) is 5.99. The molecule has 124 valence electrons. The zero-order valence-corrected chi connectivity index (χ0v) is 13.0. The number of ether oxygens (including phenoxy) is 2. The van der Waals surface area contributed by atoms with Crippen LogP contribution in [0.15, 0.2) is 54.6 Å². The maximum Gasteiger partial charge on any atom is 0.256 e. The van der Waals surface area contributed by atoms with E-state index >= 15 is 0 Å². The summed E-state index contributed by atoms with van der Waals surface area (Å²) >= 11 is 0. The lowest BCUT2D eigenvalue weighted by molar-refractivity contribution is -0.140. The fourth-order valence-electron chi connectivity index (χ4n) is 3.17. The number of fused-ring (bicyclic) bond motifs is 1. The predicted molar refractivity (Wildman–Crippen MR) is 87.1 cm³/mol. The van der Waals surface area contributed by atoms with Crippen molar-refractivity contribution in [2.45, 2.75) is 18.6 Å². The van der Waals surface area contributed by atoms with Gasteiger partial charge in [0.2, 0.25) is 0 Å². The van der Waals surface area contributed by atoms with Gasteiger partial charge in [-0.05, 0) is 12.1 Å². The molecule has 2 aromatic carbocycles. The van der Waals surface area contributed by atoms with Crippen LogP contribution in [0, 0.1) is 0 Å². The standard InChI is InChI=1S/C18H18N2O4/c21-16(22)12-20-15-9-5-4-8-14(15)19-17(20)18(23-10-11-24-18)13-6-2-1-3-7-13/h1-9,16,21-22H,10-12H2. The molecule has 2 N–H and O–H groups in total. The average Bonchev–Trinajstić information content (AvgIpc) is 3.22. The van der Waals surface area contributed by atoms with Gasteiger partial charge in [-0.1, -0.05) is 42.5 Å². The molecule has 0 radical (unpaired) electrons. The van der Waals surface area contributed by atoms with Crippen LogP contribution in [0.2, 0.25) is 0 Å². The number of benzene rings is 2. The number of para-hydroxylation sites is 2. The third-order valence-corrected chi connectivity index (χ3v) is 4.14. The van der Waals surface area contributed by atoms with Crippen molar-refractivity contribution in [1.82, 2.24) is 9.55 Å². The summed E-state index contributed by atoms with van der Waals surface area (Å²) in [5.41, 5.74) is 2.38. The highest BCUT2D eigenvalue weighted by atomic mass is 16.7. The fraction of sp³-hybridized carbons (Fsp3) is 0.278. The van der Waals surface area contributed by atoms with E-state index in [-0.39, 0.29) is 6.54 Å². The van der Waals surface area contributed by atoms with E-state index in [1.54, 1.807) is 4.57 Å². The molecule has 0 saturated carbocycles. The van der Waals surface area contributed by atoms with Crippen molar-refractivity contribution >= 4 is 11.0 Å². The molecule has 0 atom stereocenters. The first-order valence-electron chi connectivity index (χ1n) is 7.86. The molecule has 0 bridgehead atoms. The second-order valence-corrected chi connectivity index (χ2v) is 5.69. The van der Waals surface area contributed by atoms with Crippen LogP contribution in [0.3, 0.4) is 0 Å². The van der Waals surface area contributed by atoms with Gasteiger partial charge in [0.05, 0.1) is 30.8 Å². The van der Waals surface area contributed by atoms with Gasteiger partial charge >= 0.3 is 0 Å². The molecule has 0 amide bonds. The fourth-order valence-corrected chi connectivity index (χ4v) is 3.17. The molecular weight excluding hydrogens is 308 g/mol. The Morgan fingerprint density at radius 2 is 1.67 bits per heavy atom. The van der Waals surface area contributed by atoms with E-state index in [0.717, 1.165) is 16.6 Å². The number of imidazole rings is 1. The van der Waals surface area contributed by atoms with Crippen LogP contribution in [-0.4, -0.2) is 39.3 Å². The van der Waals surface area contributed by atoms with Crippen molar-refractivity contribution in [3.63, 3.8) is 0 Å². The molecule has 1 fully saturated rings. The first kappa shape index (κ1) is 15.3. The smallest absolute Gasteiger partial charge is 0.256 e. The molecule has 1 aliphatic heterocycles. The van der Waals surface area contributed by atoms with E-state index in [0.29, 0.717) is 19.0 Å². The summed E-state index contributed by atoms with van der Waals surface area (Å²) in [7, 11) is 0. The van der Waals surface area contributed by atoms with Gasteiger partial charge in [0.25, 0.3) is 5.79 Å². The van der Waals surface area contributed by atoms with Crippen molar-refractivity contribution in [1.29, 1.82) is 0 Å².